The van der Waals surface area contributed by atoms with E-state index in [0.717, 1.165) is 47.4 Å². The van der Waals surface area contributed by atoms with Crippen LogP contribution in [-0.4, -0.2) is 50.0 Å². The van der Waals surface area contributed by atoms with Gasteiger partial charge in [0.15, 0.2) is 0 Å². The number of aryl methyl sites for hydroxylation is 1. The maximum atomic E-state index is 13.7. The topological polar surface area (TPSA) is 86.8 Å². The van der Waals surface area contributed by atoms with Crippen LogP contribution in [-0.2, 0) is 26.2 Å². The van der Waals surface area contributed by atoms with E-state index in [9.17, 15) is 18.0 Å². The van der Waals surface area contributed by atoms with Gasteiger partial charge in [-0.15, -0.1) is 0 Å². The molecule has 7 nitrogen and oxygen atoms in total. The van der Waals surface area contributed by atoms with Gasteiger partial charge in [-0.1, -0.05) is 72.8 Å². The van der Waals surface area contributed by atoms with Crippen molar-refractivity contribution in [1.82, 2.24) is 10.2 Å². The maximum absolute atomic E-state index is 13.7. The lowest BCUT2D eigenvalue weighted by Gasteiger charge is -2.33. The number of amides is 2. The molecule has 2 amide bonds. The summed E-state index contributed by atoms with van der Waals surface area (Å²) in [5, 5.41) is 3.59. The van der Waals surface area contributed by atoms with Crippen LogP contribution in [0, 0.1) is 6.92 Å². The number of nitrogens with zero attached hydrogens (tertiary/aromatic N) is 2. The van der Waals surface area contributed by atoms with Crippen molar-refractivity contribution >= 4 is 50.7 Å². The molecule has 1 aliphatic carbocycles. The number of rotatable bonds is 10. The zero-order valence-corrected chi connectivity index (χ0v) is 23.2. The molecular formula is C26H33Cl2N3O4S. The molecule has 1 saturated carbocycles. The first kappa shape index (κ1) is 28.3. The third-order valence-electron chi connectivity index (χ3n) is 6.34. The van der Waals surface area contributed by atoms with Crippen molar-refractivity contribution in [3.05, 3.63) is 63.6 Å². The van der Waals surface area contributed by atoms with E-state index >= 15 is 0 Å². The summed E-state index contributed by atoms with van der Waals surface area (Å²) in [4.78, 5) is 28.5. The van der Waals surface area contributed by atoms with Crippen LogP contribution in [0.4, 0.5) is 5.69 Å². The third kappa shape index (κ3) is 7.60. The number of hydrogen-bond donors (Lipinski definition) is 1. The quantitative estimate of drug-likeness (QED) is 0.451. The largest absolute Gasteiger partial charge is 0.352 e. The molecule has 0 bridgehead atoms. The number of carbonyl (C=O) groups is 2. The van der Waals surface area contributed by atoms with Crippen molar-refractivity contribution in [2.24, 2.45) is 0 Å². The lowest BCUT2D eigenvalue weighted by atomic mass is 10.1. The second-order valence-corrected chi connectivity index (χ2v) is 12.1. The van der Waals surface area contributed by atoms with Gasteiger partial charge < -0.3 is 10.2 Å². The van der Waals surface area contributed by atoms with E-state index in [4.69, 9.17) is 23.2 Å². The number of halogens is 2. The molecule has 1 N–H and O–H groups in total. The average Bonchev–Trinajstić information content (AvgIpc) is 3.28. The first-order valence-corrected chi connectivity index (χ1v) is 14.7. The van der Waals surface area contributed by atoms with Gasteiger partial charge in [0, 0.05) is 22.6 Å². The van der Waals surface area contributed by atoms with E-state index in [2.05, 4.69) is 5.32 Å². The summed E-state index contributed by atoms with van der Waals surface area (Å²) in [5.74, 6) is -0.714. The maximum Gasteiger partial charge on any atom is 0.244 e. The monoisotopic (exact) mass is 553 g/mol. The van der Waals surface area contributed by atoms with Crippen LogP contribution in [0.15, 0.2) is 42.5 Å². The van der Waals surface area contributed by atoms with Crippen LogP contribution >= 0.6 is 23.2 Å². The zero-order valence-electron chi connectivity index (χ0n) is 20.8. The fourth-order valence-electron chi connectivity index (χ4n) is 4.59. The molecule has 0 unspecified atom stereocenters. The van der Waals surface area contributed by atoms with E-state index < -0.39 is 28.5 Å². The molecule has 0 aromatic heterocycles. The number of nitrogens with one attached hydrogen (secondary N) is 1. The van der Waals surface area contributed by atoms with Gasteiger partial charge in [-0.05, 0) is 49.9 Å². The number of hydrogen-bond acceptors (Lipinski definition) is 4. The molecule has 10 heteroatoms. The Morgan fingerprint density at radius 2 is 1.72 bits per heavy atom. The lowest BCUT2D eigenvalue weighted by molar-refractivity contribution is -0.140. The Labute approximate surface area is 223 Å². The Morgan fingerprint density at radius 3 is 2.28 bits per heavy atom. The molecular weight excluding hydrogens is 521 g/mol. The molecule has 0 aliphatic heterocycles. The lowest BCUT2D eigenvalue weighted by Crippen LogP contribution is -2.53. The second kappa shape index (κ2) is 12.3. The minimum absolute atomic E-state index is 0.101. The van der Waals surface area contributed by atoms with E-state index in [-0.39, 0.29) is 34.2 Å². The average molecular weight is 555 g/mol. The Morgan fingerprint density at radius 1 is 1.08 bits per heavy atom. The van der Waals surface area contributed by atoms with Gasteiger partial charge in [-0.25, -0.2) is 8.42 Å². The van der Waals surface area contributed by atoms with Gasteiger partial charge in [0.25, 0.3) is 0 Å². The van der Waals surface area contributed by atoms with Crippen molar-refractivity contribution in [1.29, 1.82) is 0 Å². The molecule has 0 saturated heterocycles. The van der Waals surface area contributed by atoms with Gasteiger partial charge in [0.05, 0.1) is 11.9 Å². The molecule has 2 aromatic carbocycles. The Hall–Kier alpha value is -2.29. The predicted octanol–water partition coefficient (Wildman–Crippen LogP) is 4.93. The highest BCUT2D eigenvalue weighted by Gasteiger charge is 2.33. The first-order chi connectivity index (χ1) is 17.0. The molecule has 1 atom stereocenters. The predicted molar refractivity (Wildman–Crippen MR) is 145 cm³/mol. The highest BCUT2D eigenvalue weighted by molar-refractivity contribution is 7.92. The number of carbonyl (C=O) groups excluding carboxylic acids is 2. The summed E-state index contributed by atoms with van der Waals surface area (Å²) in [6, 6.07) is 11.4. The molecule has 0 radical (unpaired) electrons. The summed E-state index contributed by atoms with van der Waals surface area (Å²) in [7, 11) is -3.86. The molecule has 196 valence electrons. The van der Waals surface area contributed by atoms with Crippen LogP contribution in [0.1, 0.15) is 50.2 Å². The van der Waals surface area contributed by atoms with Crippen LogP contribution in [0.3, 0.4) is 0 Å². The Balaban J connectivity index is 1.94. The molecule has 3 rings (SSSR count). The van der Waals surface area contributed by atoms with Crippen molar-refractivity contribution in [3.8, 4) is 0 Å². The van der Waals surface area contributed by atoms with Crippen molar-refractivity contribution in [3.63, 3.8) is 0 Å². The fraction of sp³-hybridized carbons (Fsp3) is 0.462. The van der Waals surface area contributed by atoms with Gasteiger partial charge in [0.2, 0.25) is 21.8 Å². The van der Waals surface area contributed by atoms with Crippen LogP contribution in [0.5, 0.6) is 0 Å². The van der Waals surface area contributed by atoms with Crippen LogP contribution < -0.4 is 9.62 Å². The Bertz CT molecular complexity index is 1180. The normalized spacial score (nSPS) is 14.9. The van der Waals surface area contributed by atoms with Crippen LogP contribution in [0.25, 0.3) is 0 Å². The number of sulfonamides is 1. The summed E-state index contributed by atoms with van der Waals surface area (Å²) in [5.41, 5.74) is 2.06. The van der Waals surface area contributed by atoms with Crippen molar-refractivity contribution in [2.75, 3.05) is 17.1 Å². The van der Waals surface area contributed by atoms with Crippen molar-refractivity contribution < 1.29 is 18.0 Å². The number of benzene rings is 2. The van der Waals surface area contributed by atoms with Gasteiger partial charge in [0.1, 0.15) is 12.6 Å². The van der Waals surface area contributed by atoms with Gasteiger partial charge in [-0.2, -0.15) is 0 Å². The second-order valence-electron chi connectivity index (χ2n) is 9.32. The first-order valence-electron chi connectivity index (χ1n) is 12.1. The van der Waals surface area contributed by atoms with E-state index in [1.807, 2.05) is 38.1 Å². The molecule has 1 fully saturated rings. The summed E-state index contributed by atoms with van der Waals surface area (Å²) in [6.07, 6.45) is 5.39. The van der Waals surface area contributed by atoms with E-state index in [1.54, 1.807) is 0 Å². The third-order valence-corrected chi connectivity index (χ3v) is 7.91. The number of anilines is 1. The molecule has 0 heterocycles. The standard InChI is InChI=1S/C26H33Cl2N3O4S/c1-4-24(26(33)29-22-10-5-6-11-22)30(16-19-9-7-8-18(2)12-19)25(32)17-31(36(3,34)35)23-14-20(27)13-21(28)15-23/h7-9,12-15,22,24H,4-6,10-11,16-17H2,1-3H3,(H,29,33)/t24-/m0/s1. The fourth-order valence-corrected chi connectivity index (χ4v) is 5.94. The highest BCUT2D eigenvalue weighted by Crippen LogP contribution is 2.27. The SMILES string of the molecule is CC[C@@H](C(=O)NC1CCCC1)N(Cc1cccc(C)c1)C(=O)CN(c1cc(Cl)cc(Cl)c1)S(C)(=O)=O. The minimum atomic E-state index is -3.86. The van der Waals surface area contributed by atoms with Gasteiger partial charge >= 0.3 is 0 Å². The summed E-state index contributed by atoms with van der Waals surface area (Å²) < 4.78 is 26.4. The van der Waals surface area contributed by atoms with Gasteiger partial charge in [-0.3, -0.25) is 13.9 Å². The van der Waals surface area contributed by atoms with E-state index in [0.29, 0.717) is 6.42 Å². The molecule has 36 heavy (non-hydrogen) atoms. The van der Waals surface area contributed by atoms with E-state index in [1.165, 1.54) is 23.1 Å². The smallest absolute Gasteiger partial charge is 0.244 e. The summed E-state index contributed by atoms with van der Waals surface area (Å²) in [6.45, 7) is 3.48. The molecule has 2 aromatic rings. The highest BCUT2D eigenvalue weighted by atomic mass is 35.5. The van der Waals surface area contributed by atoms with Crippen LogP contribution in [0.2, 0.25) is 10.0 Å². The molecule has 1 aliphatic rings. The van der Waals surface area contributed by atoms with Crippen molar-refractivity contribution in [2.45, 2.75) is 64.6 Å². The summed E-state index contributed by atoms with van der Waals surface area (Å²) >= 11 is 12.2. The molecule has 0 spiro atoms. The zero-order chi connectivity index (χ0) is 26.5. The minimum Gasteiger partial charge on any atom is -0.352 e. The Kier molecular flexibility index (Phi) is 9.66.